The molecule has 0 radical (unpaired) electrons. The second-order valence-electron chi connectivity index (χ2n) is 7.72. The summed E-state index contributed by atoms with van der Waals surface area (Å²) in [4.78, 5) is 24.5. The van der Waals surface area contributed by atoms with E-state index in [2.05, 4.69) is 13.8 Å². The van der Waals surface area contributed by atoms with Crippen LogP contribution in [0.2, 0.25) is 0 Å². The number of carbonyl (C=O) groups is 2. The van der Waals surface area contributed by atoms with Crippen molar-refractivity contribution in [1.82, 2.24) is 0 Å². The predicted molar refractivity (Wildman–Crippen MR) is 105 cm³/mol. The number of hydrogen-bond donors (Lipinski definition) is 0. The van der Waals surface area contributed by atoms with Gasteiger partial charge in [-0.15, -0.1) is 0 Å². The lowest BCUT2D eigenvalue weighted by Crippen LogP contribution is -2.30. The second kappa shape index (κ2) is 15.0. The highest BCUT2D eigenvalue weighted by Crippen LogP contribution is 2.31. The van der Waals surface area contributed by atoms with Gasteiger partial charge in [-0.2, -0.15) is 0 Å². The van der Waals surface area contributed by atoms with Crippen LogP contribution in [0.1, 0.15) is 104 Å². The van der Waals surface area contributed by atoms with Crippen LogP contribution in [0.4, 0.5) is 0 Å². The minimum Gasteiger partial charge on any atom is -0.465 e. The Bertz CT molecular complexity index is 380. The first kappa shape index (κ1) is 23.0. The highest BCUT2D eigenvalue weighted by atomic mass is 16.5. The van der Waals surface area contributed by atoms with Gasteiger partial charge in [0.1, 0.15) is 0 Å². The maximum absolute atomic E-state index is 12.3. The molecular weight excluding hydrogens is 328 g/mol. The standard InChI is InChI=1S/C22H40O4/c1-3-5-7-9-10-12-17-26-22(24)20-15-13-14-19(18-20)21(23)25-16-11-8-6-4-2/h19-20H,3-18H2,1-2H3. The molecule has 2 atom stereocenters. The fourth-order valence-corrected chi connectivity index (χ4v) is 3.61. The number of ether oxygens (including phenoxy) is 2. The van der Waals surface area contributed by atoms with Crippen LogP contribution in [0.15, 0.2) is 0 Å². The molecule has 0 amide bonds. The molecule has 0 heterocycles. The van der Waals surface area contributed by atoms with Crippen molar-refractivity contribution in [2.45, 2.75) is 104 Å². The van der Waals surface area contributed by atoms with E-state index in [0.29, 0.717) is 19.6 Å². The van der Waals surface area contributed by atoms with Crippen molar-refractivity contribution in [3.05, 3.63) is 0 Å². The van der Waals surface area contributed by atoms with Gasteiger partial charge in [-0.3, -0.25) is 9.59 Å². The van der Waals surface area contributed by atoms with Crippen molar-refractivity contribution in [2.24, 2.45) is 11.8 Å². The molecule has 4 nitrogen and oxygen atoms in total. The molecule has 0 aromatic rings. The van der Waals surface area contributed by atoms with Gasteiger partial charge in [0.05, 0.1) is 25.0 Å². The van der Waals surface area contributed by atoms with Gasteiger partial charge in [0.2, 0.25) is 0 Å². The van der Waals surface area contributed by atoms with E-state index in [0.717, 1.165) is 44.9 Å². The fraction of sp³-hybridized carbons (Fsp3) is 0.909. The zero-order chi connectivity index (χ0) is 19.0. The highest BCUT2D eigenvalue weighted by Gasteiger charge is 2.32. The molecule has 1 aliphatic carbocycles. The molecule has 152 valence electrons. The van der Waals surface area contributed by atoms with Crippen molar-refractivity contribution >= 4 is 11.9 Å². The lowest BCUT2D eigenvalue weighted by molar-refractivity contribution is -0.155. The van der Waals surface area contributed by atoms with Gasteiger partial charge in [-0.25, -0.2) is 0 Å². The van der Waals surface area contributed by atoms with Crippen molar-refractivity contribution in [3.63, 3.8) is 0 Å². The van der Waals surface area contributed by atoms with Crippen molar-refractivity contribution in [3.8, 4) is 0 Å². The Morgan fingerprint density at radius 2 is 1.12 bits per heavy atom. The average molecular weight is 369 g/mol. The van der Waals surface area contributed by atoms with E-state index in [-0.39, 0.29) is 23.8 Å². The van der Waals surface area contributed by atoms with Crippen molar-refractivity contribution < 1.29 is 19.1 Å². The predicted octanol–water partition coefficient (Wildman–Crippen LogP) is 5.82. The molecule has 0 bridgehead atoms. The normalized spacial score (nSPS) is 19.9. The summed E-state index contributed by atoms with van der Waals surface area (Å²) in [6.45, 7) is 5.41. The summed E-state index contributed by atoms with van der Waals surface area (Å²) in [6.07, 6.45) is 14.7. The molecule has 4 heteroatoms. The first-order chi connectivity index (χ1) is 12.7. The smallest absolute Gasteiger partial charge is 0.308 e. The Labute approximate surface area is 160 Å². The summed E-state index contributed by atoms with van der Waals surface area (Å²) >= 11 is 0. The molecule has 0 spiro atoms. The van der Waals surface area contributed by atoms with Crippen molar-refractivity contribution in [1.29, 1.82) is 0 Å². The Kier molecular flexibility index (Phi) is 13.3. The summed E-state index contributed by atoms with van der Waals surface area (Å²) < 4.78 is 10.9. The summed E-state index contributed by atoms with van der Waals surface area (Å²) in [7, 11) is 0. The number of hydrogen-bond acceptors (Lipinski definition) is 4. The number of unbranched alkanes of at least 4 members (excludes halogenated alkanes) is 8. The summed E-state index contributed by atoms with van der Waals surface area (Å²) in [5, 5.41) is 0. The first-order valence-electron chi connectivity index (χ1n) is 11.0. The zero-order valence-corrected chi connectivity index (χ0v) is 17.1. The SMILES string of the molecule is CCCCCCCCOC(=O)C1CCCC(C(=O)OCCCCCC)C1. The highest BCUT2D eigenvalue weighted by molar-refractivity contribution is 5.76. The topological polar surface area (TPSA) is 52.6 Å². The third-order valence-corrected chi connectivity index (χ3v) is 5.33. The summed E-state index contributed by atoms with van der Waals surface area (Å²) in [6, 6.07) is 0. The van der Waals surface area contributed by atoms with Gasteiger partial charge in [0.25, 0.3) is 0 Å². The van der Waals surface area contributed by atoms with Gasteiger partial charge in [0, 0.05) is 0 Å². The molecule has 1 fully saturated rings. The fourth-order valence-electron chi connectivity index (χ4n) is 3.61. The third-order valence-electron chi connectivity index (χ3n) is 5.33. The van der Waals surface area contributed by atoms with E-state index in [9.17, 15) is 9.59 Å². The van der Waals surface area contributed by atoms with Crippen LogP contribution in [0.3, 0.4) is 0 Å². The van der Waals surface area contributed by atoms with E-state index in [4.69, 9.17) is 9.47 Å². The van der Waals surface area contributed by atoms with E-state index < -0.39 is 0 Å². The van der Waals surface area contributed by atoms with E-state index >= 15 is 0 Å². The van der Waals surface area contributed by atoms with Gasteiger partial charge in [-0.05, 0) is 32.1 Å². The minimum atomic E-state index is -0.124. The third kappa shape index (κ3) is 10.2. The van der Waals surface area contributed by atoms with E-state index in [1.54, 1.807) is 0 Å². The number of carbonyl (C=O) groups excluding carboxylic acids is 2. The van der Waals surface area contributed by atoms with Crippen molar-refractivity contribution in [2.75, 3.05) is 13.2 Å². The molecule has 2 unspecified atom stereocenters. The minimum absolute atomic E-state index is 0.112. The van der Waals surface area contributed by atoms with E-state index in [1.165, 1.54) is 38.5 Å². The number of esters is 2. The molecule has 0 aromatic carbocycles. The Morgan fingerprint density at radius 3 is 1.62 bits per heavy atom. The second-order valence-corrected chi connectivity index (χ2v) is 7.72. The van der Waals surface area contributed by atoms with Gasteiger partial charge < -0.3 is 9.47 Å². The molecule has 26 heavy (non-hydrogen) atoms. The first-order valence-corrected chi connectivity index (χ1v) is 11.0. The van der Waals surface area contributed by atoms with Crippen LogP contribution in [-0.2, 0) is 19.1 Å². The maximum Gasteiger partial charge on any atom is 0.308 e. The summed E-state index contributed by atoms with van der Waals surface area (Å²) in [5.41, 5.74) is 0. The van der Waals surface area contributed by atoms with Gasteiger partial charge in [-0.1, -0.05) is 71.6 Å². The molecule has 1 saturated carbocycles. The molecule has 0 saturated heterocycles. The molecule has 0 N–H and O–H groups in total. The molecule has 1 rings (SSSR count). The maximum atomic E-state index is 12.3. The molecular formula is C22H40O4. The molecule has 0 aliphatic heterocycles. The average Bonchev–Trinajstić information content (AvgIpc) is 2.67. The lowest BCUT2D eigenvalue weighted by atomic mass is 9.81. The van der Waals surface area contributed by atoms with Crippen LogP contribution in [0, 0.1) is 11.8 Å². The number of rotatable bonds is 14. The van der Waals surface area contributed by atoms with Crippen LogP contribution >= 0.6 is 0 Å². The van der Waals surface area contributed by atoms with Crippen LogP contribution < -0.4 is 0 Å². The van der Waals surface area contributed by atoms with Crippen LogP contribution in [0.25, 0.3) is 0 Å². The zero-order valence-electron chi connectivity index (χ0n) is 17.1. The molecule has 0 aromatic heterocycles. The van der Waals surface area contributed by atoms with Crippen LogP contribution in [-0.4, -0.2) is 25.2 Å². The summed E-state index contributed by atoms with van der Waals surface area (Å²) in [5.74, 6) is -0.475. The molecule has 1 aliphatic rings. The Hall–Kier alpha value is -1.06. The lowest BCUT2D eigenvalue weighted by Gasteiger charge is -2.26. The Morgan fingerprint density at radius 1 is 0.692 bits per heavy atom. The quantitative estimate of drug-likeness (QED) is 0.286. The van der Waals surface area contributed by atoms with E-state index in [1.807, 2.05) is 0 Å². The van der Waals surface area contributed by atoms with Gasteiger partial charge in [0.15, 0.2) is 0 Å². The van der Waals surface area contributed by atoms with Crippen LogP contribution in [0.5, 0.6) is 0 Å². The largest absolute Gasteiger partial charge is 0.465 e. The Balaban J connectivity index is 2.16. The monoisotopic (exact) mass is 368 g/mol. The van der Waals surface area contributed by atoms with Gasteiger partial charge >= 0.3 is 11.9 Å².